The second-order valence-electron chi connectivity index (χ2n) is 11.4. The summed E-state index contributed by atoms with van der Waals surface area (Å²) in [6, 6.07) is 0.877. The van der Waals surface area contributed by atoms with E-state index in [-0.39, 0.29) is 0 Å². The standard InChI is InChI=1S/C25H45NS/c1-18(2)27-17-6-8-19-9-11-21-20-10-12-23-25(4,14-7-16-26(23)5)22(20)13-15-24(19,21)3/h18-23H,6-17H2,1-5H3/t19?,20-,21-,22-,23+,24+,25+/m0/s1. The summed E-state index contributed by atoms with van der Waals surface area (Å²) < 4.78 is 0. The van der Waals surface area contributed by atoms with E-state index in [1.807, 2.05) is 0 Å². The average molecular weight is 392 g/mol. The molecule has 1 aliphatic heterocycles. The Balaban J connectivity index is 1.44. The molecule has 1 heterocycles. The van der Waals surface area contributed by atoms with Gasteiger partial charge in [0.25, 0.3) is 0 Å². The molecule has 1 nitrogen and oxygen atoms in total. The maximum absolute atomic E-state index is 2.73. The lowest BCUT2D eigenvalue weighted by Crippen LogP contribution is -2.60. The van der Waals surface area contributed by atoms with E-state index in [9.17, 15) is 0 Å². The topological polar surface area (TPSA) is 3.24 Å². The van der Waals surface area contributed by atoms with Crippen LogP contribution in [0.4, 0.5) is 0 Å². The van der Waals surface area contributed by atoms with Gasteiger partial charge in [0, 0.05) is 6.04 Å². The monoisotopic (exact) mass is 391 g/mol. The normalized spacial score (nSPS) is 47.6. The molecular formula is C25H45NS. The molecule has 3 aliphatic carbocycles. The Morgan fingerprint density at radius 3 is 2.52 bits per heavy atom. The first-order chi connectivity index (χ1) is 12.9. The van der Waals surface area contributed by atoms with Crippen molar-refractivity contribution in [2.45, 2.75) is 103 Å². The number of hydrogen-bond acceptors (Lipinski definition) is 2. The van der Waals surface area contributed by atoms with Gasteiger partial charge in [-0.3, -0.25) is 0 Å². The van der Waals surface area contributed by atoms with Crippen LogP contribution in [0.1, 0.15) is 91.9 Å². The van der Waals surface area contributed by atoms with Crippen LogP contribution in [-0.4, -0.2) is 35.5 Å². The first-order valence-electron chi connectivity index (χ1n) is 12.2. The minimum Gasteiger partial charge on any atom is -0.303 e. The SMILES string of the molecule is CC(C)SCCCC1CC[C@H]2[C@@H]3CC[C@H]4N(C)CCC[C@]4(C)[C@H]3CC[C@]12C. The zero-order valence-corrected chi connectivity index (χ0v) is 19.6. The third-order valence-corrected chi connectivity index (χ3v) is 11.1. The second-order valence-corrected chi connectivity index (χ2v) is 13.1. The van der Waals surface area contributed by atoms with Crippen molar-refractivity contribution in [1.29, 1.82) is 0 Å². The number of piperidine rings is 1. The van der Waals surface area contributed by atoms with Gasteiger partial charge in [0.15, 0.2) is 0 Å². The van der Waals surface area contributed by atoms with E-state index in [1.54, 1.807) is 6.42 Å². The summed E-state index contributed by atoms with van der Waals surface area (Å²) in [5.41, 5.74) is 1.29. The molecule has 4 aliphatic rings. The van der Waals surface area contributed by atoms with Crippen LogP contribution < -0.4 is 0 Å². The summed E-state index contributed by atoms with van der Waals surface area (Å²) in [5, 5.41) is 0.803. The van der Waals surface area contributed by atoms with Crippen molar-refractivity contribution in [2.75, 3.05) is 19.3 Å². The molecule has 0 amide bonds. The Morgan fingerprint density at radius 1 is 0.963 bits per heavy atom. The van der Waals surface area contributed by atoms with Gasteiger partial charge in [-0.1, -0.05) is 27.7 Å². The van der Waals surface area contributed by atoms with Gasteiger partial charge in [0.2, 0.25) is 0 Å². The summed E-state index contributed by atoms with van der Waals surface area (Å²) in [4.78, 5) is 2.73. The molecule has 0 radical (unpaired) electrons. The van der Waals surface area contributed by atoms with Gasteiger partial charge in [0.05, 0.1) is 0 Å². The molecule has 0 N–H and O–H groups in total. The Hall–Kier alpha value is 0.310. The number of rotatable bonds is 5. The third kappa shape index (κ3) is 3.54. The van der Waals surface area contributed by atoms with Crippen LogP contribution in [0.15, 0.2) is 0 Å². The van der Waals surface area contributed by atoms with Crippen molar-refractivity contribution in [3.8, 4) is 0 Å². The Labute approximate surface area is 173 Å². The lowest BCUT2D eigenvalue weighted by molar-refractivity contribution is -0.123. The molecule has 0 aromatic carbocycles. The predicted octanol–water partition coefficient (Wildman–Crippen LogP) is 6.86. The number of fused-ring (bicyclic) bond motifs is 5. The molecule has 4 rings (SSSR count). The minimum absolute atomic E-state index is 0.614. The fraction of sp³-hybridized carbons (Fsp3) is 1.00. The molecule has 156 valence electrons. The van der Waals surface area contributed by atoms with Gasteiger partial charge >= 0.3 is 0 Å². The van der Waals surface area contributed by atoms with Crippen molar-refractivity contribution in [3.63, 3.8) is 0 Å². The molecule has 27 heavy (non-hydrogen) atoms. The summed E-state index contributed by atoms with van der Waals surface area (Å²) in [6.07, 6.45) is 15.1. The van der Waals surface area contributed by atoms with Crippen molar-refractivity contribution < 1.29 is 0 Å². The van der Waals surface area contributed by atoms with Crippen LogP contribution >= 0.6 is 11.8 Å². The van der Waals surface area contributed by atoms with Crippen molar-refractivity contribution in [3.05, 3.63) is 0 Å². The third-order valence-electron chi connectivity index (χ3n) is 9.92. The maximum Gasteiger partial charge on any atom is 0.0149 e. The fourth-order valence-electron chi connectivity index (χ4n) is 8.61. The number of likely N-dealkylation sites (tertiary alicyclic amines) is 1. The number of thioether (sulfide) groups is 1. The Bertz CT molecular complexity index is 518. The van der Waals surface area contributed by atoms with E-state index in [0.717, 1.165) is 35.0 Å². The van der Waals surface area contributed by atoms with Gasteiger partial charge in [-0.05, 0) is 123 Å². The van der Waals surface area contributed by atoms with E-state index < -0.39 is 0 Å². The molecule has 0 aromatic rings. The summed E-state index contributed by atoms with van der Waals surface area (Å²) in [7, 11) is 2.41. The molecule has 2 heteroatoms. The van der Waals surface area contributed by atoms with Gasteiger partial charge in [-0.25, -0.2) is 0 Å². The van der Waals surface area contributed by atoms with Crippen LogP contribution in [0.3, 0.4) is 0 Å². The second kappa shape index (κ2) is 7.86. The highest BCUT2D eigenvalue weighted by Gasteiger charge is 2.60. The van der Waals surface area contributed by atoms with E-state index in [1.165, 1.54) is 70.1 Å². The quantitative estimate of drug-likeness (QED) is 0.471. The van der Waals surface area contributed by atoms with Crippen molar-refractivity contribution in [1.82, 2.24) is 4.90 Å². The Kier molecular flexibility index (Phi) is 5.99. The van der Waals surface area contributed by atoms with Gasteiger partial charge in [-0.2, -0.15) is 11.8 Å². The molecule has 3 saturated carbocycles. The van der Waals surface area contributed by atoms with E-state index >= 15 is 0 Å². The lowest BCUT2D eigenvalue weighted by Gasteiger charge is -2.62. The molecule has 1 saturated heterocycles. The van der Waals surface area contributed by atoms with Crippen LogP contribution in [0, 0.1) is 34.5 Å². The van der Waals surface area contributed by atoms with Gasteiger partial charge in [-0.15, -0.1) is 0 Å². The van der Waals surface area contributed by atoms with E-state index in [2.05, 4.69) is 51.4 Å². The predicted molar refractivity (Wildman–Crippen MR) is 120 cm³/mol. The zero-order chi connectivity index (χ0) is 19.2. The summed E-state index contributed by atoms with van der Waals surface area (Å²) >= 11 is 2.17. The smallest absolute Gasteiger partial charge is 0.0149 e. The highest BCUT2D eigenvalue weighted by Crippen LogP contribution is 2.66. The minimum atomic E-state index is 0.614. The fourth-order valence-corrected chi connectivity index (χ4v) is 9.41. The van der Waals surface area contributed by atoms with Crippen LogP contribution in [0.5, 0.6) is 0 Å². The average Bonchev–Trinajstić information content (AvgIpc) is 2.95. The highest BCUT2D eigenvalue weighted by molar-refractivity contribution is 7.99. The molecule has 1 unspecified atom stereocenters. The van der Waals surface area contributed by atoms with Gasteiger partial charge < -0.3 is 4.90 Å². The van der Waals surface area contributed by atoms with Crippen LogP contribution in [0.2, 0.25) is 0 Å². The maximum atomic E-state index is 2.73. The summed E-state index contributed by atoms with van der Waals surface area (Å²) in [6.45, 7) is 11.5. The molecule has 0 spiro atoms. The molecule has 0 bridgehead atoms. The van der Waals surface area contributed by atoms with Crippen LogP contribution in [0.25, 0.3) is 0 Å². The zero-order valence-electron chi connectivity index (χ0n) is 18.8. The van der Waals surface area contributed by atoms with Gasteiger partial charge in [0.1, 0.15) is 0 Å². The van der Waals surface area contributed by atoms with E-state index in [4.69, 9.17) is 0 Å². The number of hydrogen-bond donors (Lipinski definition) is 0. The van der Waals surface area contributed by atoms with Crippen molar-refractivity contribution in [2.24, 2.45) is 34.5 Å². The van der Waals surface area contributed by atoms with Crippen molar-refractivity contribution >= 4 is 11.8 Å². The van der Waals surface area contributed by atoms with E-state index in [0.29, 0.717) is 10.8 Å². The molecular weight excluding hydrogens is 346 g/mol. The molecule has 7 atom stereocenters. The lowest BCUT2D eigenvalue weighted by atomic mass is 9.47. The molecule has 0 aromatic heterocycles. The number of nitrogens with zero attached hydrogens (tertiary/aromatic N) is 1. The Morgan fingerprint density at radius 2 is 1.74 bits per heavy atom. The van der Waals surface area contributed by atoms with Crippen LogP contribution in [-0.2, 0) is 0 Å². The first-order valence-corrected chi connectivity index (χ1v) is 13.2. The largest absolute Gasteiger partial charge is 0.303 e. The molecule has 4 fully saturated rings. The first kappa shape index (κ1) is 20.6. The summed E-state index contributed by atoms with van der Waals surface area (Å²) in [5.74, 6) is 5.52. The highest BCUT2D eigenvalue weighted by atomic mass is 32.2.